The Morgan fingerprint density at radius 3 is 1.79 bits per heavy atom. The van der Waals surface area contributed by atoms with Crippen LogP contribution in [0.1, 0.15) is 90.0 Å². The summed E-state index contributed by atoms with van der Waals surface area (Å²) in [5, 5.41) is 3.00. The van der Waals surface area contributed by atoms with Crippen molar-refractivity contribution in [1.29, 1.82) is 0 Å². The molecule has 1 N–H and O–H groups in total. The maximum absolute atomic E-state index is 13.0. The Morgan fingerprint density at radius 1 is 0.681 bits per heavy atom. The quantitative estimate of drug-likeness (QED) is 0.169. The van der Waals surface area contributed by atoms with Gasteiger partial charge in [0.05, 0.1) is 11.1 Å². The number of hydrogen-bond donors (Lipinski definition) is 1. The SMILES string of the molecule is CCC(=O)C1(c2ccccc2)CCN(CCCCCCCCN2CCC(C)(OC(=O)Nc3ccccc3-c3ccccc3)CC2)CC1. The van der Waals surface area contributed by atoms with Crippen LogP contribution < -0.4 is 5.32 Å². The Hall–Kier alpha value is -3.48. The molecular formula is C41H55N3O3. The molecule has 0 radical (unpaired) electrons. The Morgan fingerprint density at radius 2 is 1.19 bits per heavy atom. The molecule has 2 heterocycles. The van der Waals surface area contributed by atoms with Crippen molar-refractivity contribution in [3.05, 3.63) is 90.5 Å². The second kappa shape index (κ2) is 17.1. The highest BCUT2D eigenvalue weighted by Gasteiger charge is 2.41. The van der Waals surface area contributed by atoms with Crippen LogP contribution in [0.15, 0.2) is 84.9 Å². The smallest absolute Gasteiger partial charge is 0.412 e. The summed E-state index contributed by atoms with van der Waals surface area (Å²) < 4.78 is 6.00. The number of likely N-dealkylation sites (tertiary alicyclic amines) is 2. The van der Waals surface area contributed by atoms with Crippen LogP contribution in [0.5, 0.6) is 0 Å². The number of rotatable bonds is 15. The first-order valence-corrected chi connectivity index (χ1v) is 18.1. The molecule has 2 aliphatic rings. The van der Waals surface area contributed by atoms with Gasteiger partial charge in [-0.15, -0.1) is 0 Å². The van der Waals surface area contributed by atoms with Gasteiger partial charge >= 0.3 is 6.09 Å². The molecule has 2 saturated heterocycles. The summed E-state index contributed by atoms with van der Waals surface area (Å²) in [5.74, 6) is 0.402. The molecule has 2 fully saturated rings. The predicted molar refractivity (Wildman–Crippen MR) is 193 cm³/mol. The second-order valence-corrected chi connectivity index (χ2v) is 13.9. The molecule has 0 aromatic heterocycles. The van der Waals surface area contributed by atoms with Crippen LogP contribution in [0.4, 0.5) is 10.5 Å². The number of nitrogens with zero attached hydrogens (tertiary/aromatic N) is 2. The Balaban J connectivity index is 0.922. The number of hydrogen-bond acceptors (Lipinski definition) is 5. The lowest BCUT2D eigenvalue weighted by atomic mass is 9.69. The standard InChI is InChI=1S/C41H55N3O3/c1-3-38(45)41(35-20-12-9-13-21-35)26-32-44(33-27-41)29-17-7-5-4-6-16-28-43-30-24-40(2,25-31-43)47-39(46)42-37-23-15-14-22-36(37)34-18-10-8-11-19-34/h8-15,18-23H,3-7,16-17,24-33H2,1-2H3,(H,42,46). The number of ether oxygens (including phenoxy) is 1. The van der Waals surface area contributed by atoms with Gasteiger partial charge in [0.15, 0.2) is 0 Å². The molecule has 47 heavy (non-hydrogen) atoms. The molecule has 0 aliphatic carbocycles. The number of nitrogens with one attached hydrogen (secondary N) is 1. The van der Waals surface area contributed by atoms with Crippen LogP contribution >= 0.6 is 0 Å². The topological polar surface area (TPSA) is 61.9 Å². The number of carbonyl (C=O) groups excluding carboxylic acids is 2. The normalized spacial score (nSPS) is 18.0. The molecule has 3 aromatic rings. The molecule has 2 aliphatic heterocycles. The van der Waals surface area contributed by atoms with Gasteiger partial charge in [-0.3, -0.25) is 10.1 Å². The molecule has 3 aromatic carbocycles. The molecule has 0 unspecified atom stereocenters. The summed E-state index contributed by atoms with van der Waals surface area (Å²) in [7, 11) is 0. The maximum Gasteiger partial charge on any atom is 0.412 e. The van der Waals surface area contributed by atoms with Gasteiger partial charge in [-0.25, -0.2) is 4.79 Å². The number of benzene rings is 3. The van der Waals surface area contributed by atoms with Crippen molar-refractivity contribution in [2.24, 2.45) is 0 Å². The van der Waals surface area contributed by atoms with E-state index in [1.165, 1.54) is 44.1 Å². The summed E-state index contributed by atoms with van der Waals surface area (Å²) in [4.78, 5) is 31.0. The molecule has 252 valence electrons. The fraction of sp³-hybridized carbons (Fsp3) is 0.512. The summed E-state index contributed by atoms with van der Waals surface area (Å²) in [6, 6.07) is 28.5. The zero-order valence-corrected chi connectivity index (χ0v) is 28.7. The fourth-order valence-electron chi connectivity index (χ4n) is 7.53. The second-order valence-electron chi connectivity index (χ2n) is 13.9. The van der Waals surface area contributed by atoms with E-state index >= 15 is 0 Å². The van der Waals surface area contributed by atoms with Crippen molar-refractivity contribution in [2.75, 3.05) is 44.6 Å². The van der Waals surface area contributed by atoms with Crippen molar-refractivity contribution in [2.45, 2.75) is 95.5 Å². The zero-order chi connectivity index (χ0) is 33.0. The van der Waals surface area contributed by atoms with Crippen LogP contribution in [0, 0.1) is 0 Å². The third-order valence-electron chi connectivity index (χ3n) is 10.6. The number of piperidine rings is 2. The molecule has 0 bridgehead atoms. The van der Waals surface area contributed by atoms with Crippen molar-refractivity contribution in [3.63, 3.8) is 0 Å². The number of carbonyl (C=O) groups is 2. The minimum Gasteiger partial charge on any atom is -0.443 e. The summed E-state index contributed by atoms with van der Waals surface area (Å²) in [6.45, 7) is 10.3. The molecular weight excluding hydrogens is 582 g/mol. The lowest BCUT2D eigenvalue weighted by Gasteiger charge is -2.41. The molecule has 0 saturated carbocycles. The van der Waals surface area contributed by atoms with Gasteiger partial charge in [0, 0.05) is 25.1 Å². The largest absolute Gasteiger partial charge is 0.443 e. The number of amides is 1. The molecule has 0 spiro atoms. The minimum absolute atomic E-state index is 0.281. The summed E-state index contributed by atoms with van der Waals surface area (Å²) >= 11 is 0. The van der Waals surface area contributed by atoms with E-state index in [1.54, 1.807) is 0 Å². The van der Waals surface area contributed by atoms with E-state index in [-0.39, 0.29) is 11.5 Å². The van der Waals surface area contributed by atoms with E-state index in [0.717, 1.165) is 81.8 Å². The van der Waals surface area contributed by atoms with Crippen LogP contribution in [-0.2, 0) is 14.9 Å². The summed E-state index contributed by atoms with van der Waals surface area (Å²) in [6.07, 6.45) is 11.5. The van der Waals surface area contributed by atoms with Gasteiger partial charge in [-0.05, 0) is 88.8 Å². The average Bonchev–Trinajstić information content (AvgIpc) is 3.11. The van der Waals surface area contributed by atoms with E-state index < -0.39 is 5.60 Å². The van der Waals surface area contributed by atoms with E-state index in [4.69, 9.17) is 4.74 Å². The van der Waals surface area contributed by atoms with Crippen LogP contribution in [0.2, 0.25) is 0 Å². The maximum atomic E-state index is 13.0. The highest BCUT2D eigenvalue weighted by molar-refractivity contribution is 5.92. The third-order valence-corrected chi connectivity index (χ3v) is 10.6. The first-order valence-electron chi connectivity index (χ1n) is 18.1. The Kier molecular flexibility index (Phi) is 12.7. The lowest BCUT2D eigenvalue weighted by Crippen LogP contribution is -2.47. The predicted octanol–water partition coefficient (Wildman–Crippen LogP) is 9.11. The van der Waals surface area contributed by atoms with E-state index in [1.807, 2.05) is 67.6 Å². The third kappa shape index (κ3) is 9.55. The van der Waals surface area contributed by atoms with Crippen LogP contribution in [-0.4, -0.2) is 66.5 Å². The van der Waals surface area contributed by atoms with E-state index in [2.05, 4.69) is 46.3 Å². The molecule has 6 heteroatoms. The monoisotopic (exact) mass is 637 g/mol. The number of Topliss-reactive ketones (excluding diaryl/α,β-unsaturated/α-hetero) is 1. The number of para-hydroxylation sites is 1. The van der Waals surface area contributed by atoms with Crippen molar-refractivity contribution in [3.8, 4) is 11.1 Å². The van der Waals surface area contributed by atoms with Gasteiger partial charge in [0.2, 0.25) is 0 Å². The molecule has 5 rings (SSSR count). The number of anilines is 1. The first kappa shape index (κ1) is 34.8. The molecule has 1 amide bonds. The zero-order valence-electron chi connectivity index (χ0n) is 28.7. The highest BCUT2D eigenvalue weighted by Crippen LogP contribution is 2.37. The van der Waals surface area contributed by atoms with Crippen LogP contribution in [0.3, 0.4) is 0 Å². The molecule has 6 nitrogen and oxygen atoms in total. The fourth-order valence-corrected chi connectivity index (χ4v) is 7.53. The number of ketones is 1. The van der Waals surface area contributed by atoms with Gasteiger partial charge in [0.1, 0.15) is 11.4 Å². The van der Waals surface area contributed by atoms with E-state index in [0.29, 0.717) is 12.2 Å². The van der Waals surface area contributed by atoms with Gasteiger partial charge in [0.25, 0.3) is 0 Å². The average molecular weight is 638 g/mol. The van der Waals surface area contributed by atoms with Crippen LogP contribution in [0.25, 0.3) is 11.1 Å². The summed E-state index contributed by atoms with van der Waals surface area (Å²) in [5.41, 5.74) is 3.32. The van der Waals surface area contributed by atoms with Gasteiger partial charge < -0.3 is 14.5 Å². The molecule has 0 atom stereocenters. The highest BCUT2D eigenvalue weighted by atomic mass is 16.6. The minimum atomic E-state index is -0.439. The number of unbranched alkanes of at least 4 members (excludes halogenated alkanes) is 5. The Labute approximate surface area is 282 Å². The lowest BCUT2D eigenvalue weighted by molar-refractivity contribution is -0.126. The van der Waals surface area contributed by atoms with Crippen molar-refractivity contribution in [1.82, 2.24) is 9.80 Å². The van der Waals surface area contributed by atoms with Gasteiger partial charge in [-0.2, -0.15) is 0 Å². The first-order chi connectivity index (χ1) is 22.9. The van der Waals surface area contributed by atoms with Crippen molar-refractivity contribution >= 4 is 17.6 Å². The van der Waals surface area contributed by atoms with Gasteiger partial charge in [-0.1, -0.05) is 111 Å². The van der Waals surface area contributed by atoms with Crippen molar-refractivity contribution < 1.29 is 14.3 Å². The Bertz CT molecular complexity index is 1390. The van der Waals surface area contributed by atoms with E-state index in [9.17, 15) is 9.59 Å².